The molecule has 1 aliphatic heterocycles. The van der Waals surface area contributed by atoms with E-state index in [4.69, 9.17) is 0 Å². The number of likely N-dealkylation sites (N-methyl/N-ethyl adjacent to an activating group) is 1. The molecule has 0 bridgehead atoms. The first-order valence-electron chi connectivity index (χ1n) is 9.71. The van der Waals surface area contributed by atoms with E-state index in [1.807, 2.05) is 6.07 Å². The third kappa shape index (κ3) is 3.70. The van der Waals surface area contributed by atoms with E-state index in [-0.39, 0.29) is 11.5 Å². The van der Waals surface area contributed by atoms with Gasteiger partial charge in [0, 0.05) is 29.4 Å². The second-order valence-corrected chi connectivity index (χ2v) is 7.10. The number of hydrogen-bond donors (Lipinski definition) is 1. The van der Waals surface area contributed by atoms with Crippen molar-refractivity contribution < 1.29 is 23.2 Å². The summed E-state index contributed by atoms with van der Waals surface area (Å²) in [4.78, 5) is 40.0. The van der Waals surface area contributed by atoms with Gasteiger partial charge >= 0.3 is 0 Å². The number of carbonyl (C=O) groups is 3. The molecule has 1 aliphatic rings. The number of fused-ring (bicyclic) bond motifs is 1. The summed E-state index contributed by atoms with van der Waals surface area (Å²) in [6.07, 6.45) is 0. The summed E-state index contributed by atoms with van der Waals surface area (Å²) >= 11 is 0. The lowest BCUT2D eigenvalue weighted by Gasteiger charge is -2.15. The minimum atomic E-state index is -1.19. The Morgan fingerprint density at radius 2 is 1.71 bits per heavy atom. The number of anilines is 2. The van der Waals surface area contributed by atoms with Gasteiger partial charge in [0.15, 0.2) is 5.78 Å². The first-order chi connectivity index (χ1) is 14.9. The first-order valence-corrected chi connectivity index (χ1v) is 9.71. The fourth-order valence-electron chi connectivity index (χ4n) is 3.70. The van der Waals surface area contributed by atoms with Crippen molar-refractivity contribution in [2.24, 2.45) is 0 Å². The molecule has 31 heavy (non-hydrogen) atoms. The van der Waals surface area contributed by atoms with Gasteiger partial charge in [-0.1, -0.05) is 42.5 Å². The van der Waals surface area contributed by atoms with Crippen molar-refractivity contribution in [1.82, 2.24) is 0 Å². The SMILES string of the molecule is CCN1C(=O)C(C(=O)Nc2ccc(F)cc2F)c2ccc(C(=O)c3ccccc3)cc21. The second kappa shape index (κ2) is 8.10. The Morgan fingerprint density at radius 1 is 0.968 bits per heavy atom. The predicted molar refractivity (Wildman–Crippen MR) is 112 cm³/mol. The summed E-state index contributed by atoms with van der Waals surface area (Å²) < 4.78 is 27.1. The predicted octanol–water partition coefficient (Wildman–Crippen LogP) is 4.28. The Labute approximate surface area is 177 Å². The molecule has 1 heterocycles. The van der Waals surface area contributed by atoms with Crippen molar-refractivity contribution in [3.05, 3.63) is 95.1 Å². The van der Waals surface area contributed by atoms with E-state index in [1.54, 1.807) is 49.4 Å². The Morgan fingerprint density at radius 3 is 2.39 bits per heavy atom. The molecule has 3 aromatic rings. The van der Waals surface area contributed by atoms with Crippen molar-refractivity contribution in [1.29, 1.82) is 0 Å². The van der Waals surface area contributed by atoms with Gasteiger partial charge in [-0.15, -0.1) is 0 Å². The van der Waals surface area contributed by atoms with Crippen LogP contribution in [0.1, 0.15) is 34.3 Å². The number of nitrogens with one attached hydrogen (secondary N) is 1. The quantitative estimate of drug-likeness (QED) is 0.495. The molecule has 5 nitrogen and oxygen atoms in total. The van der Waals surface area contributed by atoms with E-state index < -0.39 is 29.4 Å². The minimum absolute atomic E-state index is 0.201. The minimum Gasteiger partial charge on any atom is -0.323 e. The number of amides is 2. The van der Waals surface area contributed by atoms with Gasteiger partial charge in [-0.2, -0.15) is 0 Å². The summed E-state index contributed by atoms with van der Waals surface area (Å²) in [5, 5.41) is 2.36. The summed E-state index contributed by atoms with van der Waals surface area (Å²) in [5.41, 5.74) is 1.58. The molecule has 0 saturated carbocycles. The molecule has 1 atom stereocenters. The van der Waals surface area contributed by atoms with Gasteiger partial charge in [0.05, 0.1) is 5.69 Å². The maximum absolute atomic E-state index is 13.9. The normalized spacial score (nSPS) is 15.0. The molecule has 0 radical (unpaired) electrons. The molecule has 0 saturated heterocycles. The van der Waals surface area contributed by atoms with Gasteiger partial charge < -0.3 is 10.2 Å². The van der Waals surface area contributed by atoms with Crippen molar-refractivity contribution in [3.63, 3.8) is 0 Å². The van der Waals surface area contributed by atoms with E-state index in [2.05, 4.69) is 5.32 Å². The lowest BCUT2D eigenvalue weighted by Crippen LogP contribution is -2.33. The van der Waals surface area contributed by atoms with Crippen LogP contribution < -0.4 is 10.2 Å². The molecule has 0 spiro atoms. The topological polar surface area (TPSA) is 66.5 Å². The zero-order chi connectivity index (χ0) is 22.1. The number of rotatable bonds is 5. The van der Waals surface area contributed by atoms with Crippen molar-refractivity contribution >= 4 is 29.0 Å². The molecule has 2 amide bonds. The number of nitrogens with zero attached hydrogens (tertiary/aromatic N) is 1. The van der Waals surface area contributed by atoms with Crippen molar-refractivity contribution in [2.45, 2.75) is 12.8 Å². The average Bonchev–Trinajstić information content (AvgIpc) is 3.06. The highest BCUT2D eigenvalue weighted by Crippen LogP contribution is 2.39. The third-order valence-corrected chi connectivity index (χ3v) is 5.21. The highest BCUT2D eigenvalue weighted by Gasteiger charge is 2.41. The number of ketones is 1. The largest absolute Gasteiger partial charge is 0.323 e. The zero-order valence-electron chi connectivity index (χ0n) is 16.6. The lowest BCUT2D eigenvalue weighted by atomic mass is 9.96. The number of carbonyl (C=O) groups excluding carboxylic acids is 3. The molecular weight excluding hydrogens is 402 g/mol. The van der Waals surface area contributed by atoms with Crippen LogP contribution in [0.2, 0.25) is 0 Å². The number of halogens is 2. The molecule has 1 N–H and O–H groups in total. The van der Waals surface area contributed by atoms with E-state index in [9.17, 15) is 23.2 Å². The van der Waals surface area contributed by atoms with Crippen LogP contribution in [0.25, 0.3) is 0 Å². The Hall–Kier alpha value is -3.87. The zero-order valence-corrected chi connectivity index (χ0v) is 16.6. The first kappa shape index (κ1) is 20.4. The van der Waals surface area contributed by atoms with Crippen LogP contribution in [-0.4, -0.2) is 24.1 Å². The smallest absolute Gasteiger partial charge is 0.244 e. The summed E-state index contributed by atoms with van der Waals surface area (Å²) in [5.74, 6) is -4.30. The molecular formula is C24H18F2N2O3. The van der Waals surface area contributed by atoms with Crippen LogP contribution in [0, 0.1) is 11.6 Å². The van der Waals surface area contributed by atoms with Crippen LogP contribution in [0.4, 0.5) is 20.2 Å². The van der Waals surface area contributed by atoms with E-state index >= 15 is 0 Å². The monoisotopic (exact) mass is 420 g/mol. The van der Waals surface area contributed by atoms with Crippen LogP contribution in [0.5, 0.6) is 0 Å². The van der Waals surface area contributed by atoms with E-state index in [0.29, 0.717) is 35.0 Å². The second-order valence-electron chi connectivity index (χ2n) is 7.10. The van der Waals surface area contributed by atoms with Gasteiger partial charge in [-0.05, 0) is 30.7 Å². The van der Waals surface area contributed by atoms with E-state index in [0.717, 1.165) is 12.1 Å². The molecule has 0 fully saturated rings. The summed E-state index contributed by atoms with van der Waals surface area (Å²) in [6.45, 7) is 2.05. The van der Waals surface area contributed by atoms with Crippen LogP contribution in [0.15, 0.2) is 66.7 Å². The Kier molecular flexibility index (Phi) is 5.33. The van der Waals surface area contributed by atoms with Gasteiger partial charge in [0.25, 0.3) is 0 Å². The molecule has 0 aromatic heterocycles. The maximum atomic E-state index is 13.9. The van der Waals surface area contributed by atoms with Crippen LogP contribution >= 0.6 is 0 Å². The van der Waals surface area contributed by atoms with Gasteiger partial charge in [0.1, 0.15) is 17.6 Å². The number of benzene rings is 3. The van der Waals surface area contributed by atoms with Gasteiger partial charge in [-0.25, -0.2) is 8.78 Å². The highest BCUT2D eigenvalue weighted by molar-refractivity contribution is 6.21. The molecule has 0 aliphatic carbocycles. The fraction of sp³-hybridized carbons (Fsp3) is 0.125. The highest BCUT2D eigenvalue weighted by atomic mass is 19.1. The maximum Gasteiger partial charge on any atom is 0.244 e. The Balaban J connectivity index is 1.67. The van der Waals surface area contributed by atoms with Gasteiger partial charge in [-0.3, -0.25) is 14.4 Å². The van der Waals surface area contributed by atoms with Crippen LogP contribution in [-0.2, 0) is 9.59 Å². The van der Waals surface area contributed by atoms with Crippen LogP contribution in [0.3, 0.4) is 0 Å². The van der Waals surface area contributed by atoms with Crippen molar-refractivity contribution in [2.75, 3.05) is 16.8 Å². The number of hydrogen-bond acceptors (Lipinski definition) is 3. The molecule has 156 valence electrons. The fourth-order valence-corrected chi connectivity index (χ4v) is 3.70. The third-order valence-electron chi connectivity index (χ3n) is 5.21. The lowest BCUT2D eigenvalue weighted by molar-refractivity contribution is -0.126. The molecule has 7 heteroatoms. The molecule has 4 rings (SSSR count). The van der Waals surface area contributed by atoms with Crippen molar-refractivity contribution in [3.8, 4) is 0 Å². The Bertz CT molecular complexity index is 1190. The molecule has 1 unspecified atom stereocenters. The molecule has 3 aromatic carbocycles. The van der Waals surface area contributed by atoms with Gasteiger partial charge in [0.2, 0.25) is 11.8 Å². The van der Waals surface area contributed by atoms with E-state index in [1.165, 1.54) is 4.90 Å². The average molecular weight is 420 g/mol. The standard InChI is InChI=1S/C24H18F2N2O3/c1-2-28-20-12-15(22(29)14-6-4-3-5-7-14)8-10-17(20)21(24(28)31)23(30)27-19-11-9-16(25)13-18(19)26/h3-13,21H,2H2,1H3,(H,27,30). The summed E-state index contributed by atoms with van der Waals surface area (Å²) in [7, 11) is 0. The summed E-state index contributed by atoms with van der Waals surface area (Å²) in [6, 6.07) is 16.2.